The molecular weight excluding hydrogens is 320 g/mol. The second-order valence-electron chi connectivity index (χ2n) is 7.32. The number of rotatable bonds is 4. The normalized spacial score (nSPS) is 26.2. The van der Waals surface area contributed by atoms with Crippen molar-refractivity contribution in [3.05, 3.63) is 46.0 Å². The molecule has 2 fully saturated rings. The van der Waals surface area contributed by atoms with Gasteiger partial charge in [-0.15, -0.1) is 11.3 Å². The van der Waals surface area contributed by atoms with Gasteiger partial charge in [0.05, 0.1) is 19.8 Å². The van der Waals surface area contributed by atoms with Gasteiger partial charge in [0.25, 0.3) is 0 Å². The molecule has 1 atom stereocenters. The number of hydrogen-bond donors (Lipinski definition) is 0. The fourth-order valence-corrected chi connectivity index (χ4v) is 4.79. The van der Waals surface area contributed by atoms with Crippen molar-refractivity contribution >= 4 is 11.3 Å². The molecule has 2 aliphatic heterocycles. The molecule has 5 heteroatoms. The van der Waals surface area contributed by atoms with E-state index in [1.807, 2.05) is 18.3 Å². The minimum absolute atomic E-state index is 0.273. The summed E-state index contributed by atoms with van der Waals surface area (Å²) in [7, 11) is 0. The molecule has 130 valence electrons. The summed E-state index contributed by atoms with van der Waals surface area (Å²) in [4.78, 5) is 6.57. The summed E-state index contributed by atoms with van der Waals surface area (Å²) >= 11 is 1.86. The number of aryl methyl sites for hydroxylation is 1. The summed E-state index contributed by atoms with van der Waals surface area (Å²) in [6.45, 7) is 10.1. The summed E-state index contributed by atoms with van der Waals surface area (Å²) in [5.74, 6) is 2.06. The molecule has 4 rings (SSSR count). The first-order valence-electron chi connectivity index (χ1n) is 8.81. The molecule has 0 bridgehead atoms. The second kappa shape index (κ2) is 7.00. The SMILES string of the molecule is Cc1ccc(CN2CCOC[C@]3(CCN(Cc4cccs4)C3)C2)o1. The molecule has 4 heterocycles. The highest BCUT2D eigenvalue weighted by Gasteiger charge is 2.41. The van der Waals surface area contributed by atoms with Crippen LogP contribution in [0.2, 0.25) is 0 Å². The molecule has 2 aromatic heterocycles. The number of nitrogens with zero attached hydrogens (tertiary/aromatic N) is 2. The molecule has 0 radical (unpaired) electrons. The molecule has 2 aliphatic rings. The van der Waals surface area contributed by atoms with Gasteiger partial charge in [-0.05, 0) is 43.5 Å². The van der Waals surface area contributed by atoms with E-state index in [4.69, 9.17) is 9.15 Å². The highest BCUT2D eigenvalue weighted by atomic mass is 32.1. The Hall–Kier alpha value is -1.14. The molecular formula is C19H26N2O2S. The van der Waals surface area contributed by atoms with Crippen LogP contribution in [0.4, 0.5) is 0 Å². The van der Waals surface area contributed by atoms with Crippen molar-refractivity contribution in [2.75, 3.05) is 39.4 Å². The maximum absolute atomic E-state index is 5.99. The fourth-order valence-electron chi connectivity index (χ4n) is 4.04. The van der Waals surface area contributed by atoms with E-state index in [0.717, 1.165) is 57.5 Å². The van der Waals surface area contributed by atoms with E-state index in [1.165, 1.54) is 17.8 Å². The zero-order valence-electron chi connectivity index (χ0n) is 14.4. The fraction of sp³-hybridized carbons (Fsp3) is 0.579. The van der Waals surface area contributed by atoms with Crippen LogP contribution in [-0.2, 0) is 17.8 Å². The molecule has 0 aliphatic carbocycles. The highest BCUT2D eigenvalue weighted by Crippen LogP contribution is 2.35. The lowest BCUT2D eigenvalue weighted by molar-refractivity contribution is 0.0705. The Morgan fingerprint density at radius 1 is 1.12 bits per heavy atom. The number of thiophene rings is 1. The zero-order valence-corrected chi connectivity index (χ0v) is 15.2. The minimum atomic E-state index is 0.273. The third kappa shape index (κ3) is 3.75. The maximum Gasteiger partial charge on any atom is 0.118 e. The summed E-state index contributed by atoms with van der Waals surface area (Å²) in [6.07, 6.45) is 1.23. The third-order valence-corrected chi connectivity index (χ3v) is 6.03. The van der Waals surface area contributed by atoms with Crippen molar-refractivity contribution < 1.29 is 9.15 Å². The van der Waals surface area contributed by atoms with Crippen LogP contribution in [0.5, 0.6) is 0 Å². The van der Waals surface area contributed by atoms with Crippen LogP contribution in [0.3, 0.4) is 0 Å². The van der Waals surface area contributed by atoms with E-state index in [2.05, 4.69) is 39.4 Å². The molecule has 2 saturated heterocycles. The molecule has 0 aromatic carbocycles. The van der Waals surface area contributed by atoms with Gasteiger partial charge >= 0.3 is 0 Å². The van der Waals surface area contributed by atoms with Gasteiger partial charge in [0.15, 0.2) is 0 Å². The lowest BCUT2D eigenvalue weighted by Gasteiger charge is -2.31. The highest BCUT2D eigenvalue weighted by molar-refractivity contribution is 7.09. The van der Waals surface area contributed by atoms with Crippen LogP contribution in [0.15, 0.2) is 34.1 Å². The van der Waals surface area contributed by atoms with E-state index in [1.54, 1.807) is 0 Å². The standard InChI is InChI=1S/C19H26N2O2S/c1-16-4-5-17(23-16)11-21-8-9-22-15-19(14-21)6-7-20(13-19)12-18-3-2-10-24-18/h2-5,10H,6-9,11-15H2,1H3/t19-/m0/s1. The third-order valence-electron chi connectivity index (χ3n) is 5.17. The molecule has 0 N–H and O–H groups in total. The molecule has 0 saturated carbocycles. The molecule has 2 aromatic rings. The van der Waals surface area contributed by atoms with Crippen LogP contribution in [0.1, 0.15) is 22.8 Å². The predicted molar refractivity (Wildman–Crippen MR) is 96.2 cm³/mol. The van der Waals surface area contributed by atoms with Crippen molar-refractivity contribution in [3.63, 3.8) is 0 Å². The van der Waals surface area contributed by atoms with Gasteiger partial charge in [-0.2, -0.15) is 0 Å². The Bertz CT molecular complexity index is 654. The largest absolute Gasteiger partial charge is 0.465 e. The van der Waals surface area contributed by atoms with E-state index in [0.29, 0.717) is 0 Å². The van der Waals surface area contributed by atoms with Gasteiger partial charge in [0, 0.05) is 36.5 Å². The first-order chi connectivity index (χ1) is 11.7. The Balaban J connectivity index is 1.40. The first kappa shape index (κ1) is 16.3. The average Bonchev–Trinajstić information content (AvgIpc) is 3.25. The van der Waals surface area contributed by atoms with Gasteiger partial charge in [-0.3, -0.25) is 9.80 Å². The molecule has 1 spiro atoms. The van der Waals surface area contributed by atoms with Gasteiger partial charge in [0.1, 0.15) is 11.5 Å². The number of furan rings is 1. The van der Waals surface area contributed by atoms with Crippen LogP contribution < -0.4 is 0 Å². The molecule has 24 heavy (non-hydrogen) atoms. The summed E-state index contributed by atoms with van der Waals surface area (Å²) < 4.78 is 11.8. The second-order valence-corrected chi connectivity index (χ2v) is 8.35. The Kier molecular flexibility index (Phi) is 4.77. The first-order valence-corrected chi connectivity index (χ1v) is 9.69. The minimum Gasteiger partial charge on any atom is -0.465 e. The van der Waals surface area contributed by atoms with Gasteiger partial charge in [-0.25, -0.2) is 0 Å². The van der Waals surface area contributed by atoms with Crippen LogP contribution in [-0.4, -0.2) is 49.2 Å². The number of hydrogen-bond acceptors (Lipinski definition) is 5. The Morgan fingerprint density at radius 2 is 2.00 bits per heavy atom. The van der Waals surface area contributed by atoms with E-state index >= 15 is 0 Å². The monoisotopic (exact) mass is 346 g/mol. The zero-order chi connectivity index (χ0) is 16.4. The van der Waals surface area contributed by atoms with E-state index < -0.39 is 0 Å². The van der Waals surface area contributed by atoms with Crippen molar-refractivity contribution in [2.45, 2.75) is 26.4 Å². The van der Waals surface area contributed by atoms with Crippen LogP contribution in [0.25, 0.3) is 0 Å². The summed E-state index contributed by atoms with van der Waals surface area (Å²) in [5.41, 5.74) is 0.273. The van der Waals surface area contributed by atoms with Crippen molar-refractivity contribution in [3.8, 4) is 0 Å². The van der Waals surface area contributed by atoms with E-state index in [9.17, 15) is 0 Å². The van der Waals surface area contributed by atoms with Crippen molar-refractivity contribution in [1.29, 1.82) is 0 Å². The smallest absolute Gasteiger partial charge is 0.118 e. The molecule has 0 amide bonds. The quantitative estimate of drug-likeness (QED) is 0.849. The number of ether oxygens (including phenoxy) is 1. The summed E-state index contributed by atoms with van der Waals surface area (Å²) in [6, 6.07) is 8.54. The lowest BCUT2D eigenvalue weighted by atomic mass is 9.87. The Morgan fingerprint density at radius 3 is 2.75 bits per heavy atom. The average molecular weight is 346 g/mol. The molecule has 0 unspecified atom stereocenters. The predicted octanol–water partition coefficient (Wildman–Crippen LogP) is 3.37. The van der Waals surface area contributed by atoms with Crippen LogP contribution in [0, 0.1) is 12.3 Å². The Labute approximate surface area is 148 Å². The van der Waals surface area contributed by atoms with Gasteiger partial charge < -0.3 is 9.15 Å². The van der Waals surface area contributed by atoms with Crippen molar-refractivity contribution in [2.24, 2.45) is 5.41 Å². The summed E-state index contributed by atoms with van der Waals surface area (Å²) in [5, 5.41) is 2.17. The maximum atomic E-state index is 5.99. The van der Waals surface area contributed by atoms with Crippen molar-refractivity contribution in [1.82, 2.24) is 9.80 Å². The number of likely N-dealkylation sites (tertiary alicyclic amines) is 1. The van der Waals surface area contributed by atoms with Crippen LogP contribution >= 0.6 is 11.3 Å². The van der Waals surface area contributed by atoms with E-state index in [-0.39, 0.29) is 5.41 Å². The van der Waals surface area contributed by atoms with Gasteiger partial charge in [-0.1, -0.05) is 6.07 Å². The lowest BCUT2D eigenvalue weighted by Crippen LogP contribution is -2.40. The van der Waals surface area contributed by atoms with Gasteiger partial charge in [0.2, 0.25) is 0 Å². The topological polar surface area (TPSA) is 28.9 Å². The molecule has 4 nitrogen and oxygen atoms in total.